The van der Waals surface area contributed by atoms with E-state index >= 15 is 0 Å². The van der Waals surface area contributed by atoms with Crippen molar-refractivity contribution >= 4 is 28.0 Å². The zero-order valence-electron chi connectivity index (χ0n) is 23.1. The van der Waals surface area contributed by atoms with Crippen molar-refractivity contribution in [3.8, 4) is 5.75 Å². The number of hydrogen-bond acceptors (Lipinski definition) is 8. The summed E-state index contributed by atoms with van der Waals surface area (Å²) in [6.45, 7) is 5.13. The van der Waals surface area contributed by atoms with Crippen molar-refractivity contribution in [2.75, 3.05) is 20.2 Å². The Balaban J connectivity index is 1.73. The van der Waals surface area contributed by atoms with E-state index in [-0.39, 0.29) is 38.1 Å². The van der Waals surface area contributed by atoms with Crippen LogP contribution in [0.1, 0.15) is 38.3 Å². The molecule has 3 rings (SSSR count). The normalized spacial score (nSPS) is 17.1. The van der Waals surface area contributed by atoms with Gasteiger partial charge in [-0.05, 0) is 56.9 Å². The van der Waals surface area contributed by atoms with Gasteiger partial charge >= 0.3 is 12.1 Å². The largest absolute Gasteiger partial charge is 0.508 e. The Labute approximate surface area is 234 Å². The van der Waals surface area contributed by atoms with Gasteiger partial charge in [-0.25, -0.2) is 17.9 Å². The highest BCUT2D eigenvalue weighted by Crippen LogP contribution is 2.20. The number of methoxy groups -OCH3 is 1. The molecule has 3 atom stereocenters. The molecule has 0 bridgehead atoms. The van der Waals surface area contributed by atoms with Crippen molar-refractivity contribution in [1.29, 1.82) is 0 Å². The van der Waals surface area contributed by atoms with Crippen LogP contribution in [-0.2, 0) is 41.9 Å². The van der Waals surface area contributed by atoms with Crippen LogP contribution in [0, 0.1) is 0 Å². The number of esters is 1. The molecule has 40 heavy (non-hydrogen) atoms. The molecule has 0 aliphatic carbocycles. The number of nitrogens with one attached hydrogen (secondary N) is 2. The molecule has 1 aliphatic rings. The number of ether oxygens (including phenoxy) is 2. The number of hydrogen-bond donors (Lipinski definition) is 3. The Morgan fingerprint density at radius 3 is 2.20 bits per heavy atom. The number of sulfonamides is 1. The minimum absolute atomic E-state index is 0.0596. The van der Waals surface area contributed by atoms with Gasteiger partial charge < -0.3 is 24.8 Å². The third-order valence-corrected chi connectivity index (χ3v) is 8.21. The van der Waals surface area contributed by atoms with E-state index in [1.54, 1.807) is 57.2 Å². The van der Waals surface area contributed by atoms with E-state index in [2.05, 4.69) is 10.0 Å². The lowest BCUT2D eigenvalue weighted by atomic mass is 10.0. The van der Waals surface area contributed by atoms with E-state index in [0.29, 0.717) is 5.56 Å². The molecule has 2 amide bonds. The number of alkyl carbamates (subject to hydrolysis) is 1. The molecule has 2 aromatic rings. The Hall–Kier alpha value is -3.64. The third kappa shape index (κ3) is 8.95. The standard InChI is InChI=1S/C28H37N3O8S/c1-28(2,3)39-27(35)29-23(16-20-10-12-21(32)13-11-20)25(33)31-15-14-22(18-31)40(36,37)30-24(26(34)38-4)17-19-8-6-5-7-9-19/h5-13,22-24,30,32H,14-18H2,1-4H3,(H,29,35)/t22-,23+,24+/m1/s1. The van der Waals surface area contributed by atoms with E-state index in [1.165, 1.54) is 24.1 Å². The highest BCUT2D eigenvalue weighted by molar-refractivity contribution is 7.90. The maximum Gasteiger partial charge on any atom is 0.408 e. The van der Waals surface area contributed by atoms with Gasteiger partial charge in [-0.1, -0.05) is 42.5 Å². The molecule has 1 fully saturated rings. The molecular weight excluding hydrogens is 538 g/mol. The maximum atomic E-state index is 13.5. The molecule has 0 spiro atoms. The van der Waals surface area contributed by atoms with Crippen LogP contribution in [0.15, 0.2) is 54.6 Å². The fourth-order valence-electron chi connectivity index (χ4n) is 4.38. The molecule has 1 saturated heterocycles. The second-order valence-electron chi connectivity index (χ2n) is 10.7. The average molecular weight is 576 g/mol. The summed E-state index contributed by atoms with van der Waals surface area (Å²) in [6, 6.07) is 13.0. The van der Waals surface area contributed by atoms with Gasteiger partial charge in [-0.15, -0.1) is 0 Å². The Morgan fingerprint density at radius 2 is 1.60 bits per heavy atom. The lowest BCUT2D eigenvalue weighted by molar-refractivity contribution is -0.142. The summed E-state index contributed by atoms with van der Waals surface area (Å²) in [5.74, 6) is -1.12. The molecule has 3 N–H and O–H groups in total. The number of aromatic hydroxyl groups is 1. The zero-order chi connectivity index (χ0) is 29.5. The van der Waals surface area contributed by atoms with E-state index in [0.717, 1.165) is 5.56 Å². The van der Waals surface area contributed by atoms with Crippen molar-refractivity contribution in [2.24, 2.45) is 0 Å². The second kappa shape index (κ2) is 13.1. The third-order valence-electron chi connectivity index (χ3n) is 6.34. The Kier molecular flexibility index (Phi) is 10.2. The quantitative estimate of drug-likeness (QED) is 0.365. The first-order valence-electron chi connectivity index (χ1n) is 13.0. The number of rotatable bonds is 10. The molecule has 11 nitrogen and oxygen atoms in total. The summed E-state index contributed by atoms with van der Waals surface area (Å²) < 4.78 is 39.2. The summed E-state index contributed by atoms with van der Waals surface area (Å²) in [5, 5.41) is 11.2. The van der Waals surface area contributed by atoms with Crippen LogP contribution in [-0.4, -0.2) is 79.5 Å². The topological polar surface area (TPSA) is 151 Å². The van der Waals surface area contributed by atoms with Crippen LogP contribution in [0.5, 0.6) is 5.75 Å². The van der Waals surface area contributed by atoms with E-state index in [4.69, 9.17) is 9.47 Å². The van der Waals surface area contributed by atoms with Crippen LogP contribution in [0.25, 0.3) is 0 Å². The number of phenolic OH excluding ortho intramolecular Hbond substituents is 1. The van der Waals surface area contributed by atoms with E-state index in [9.17, 15) is 27.9 Å². The maximum absolute atomic E-state index is 13.5. The van der Waals surface area contributed by atoms with E-state index in [1.807, 2.05) is 6.07 Å². The monoisotopic (exact) mass is 575 g/mol. The summed E-state index contributed by atoms with van der Waals surface area (Å²) >= 11 is 0. The average Bonchev–Trinajstić information content (AvgIpc) is 3.39. The number of carbonyl (C=O) groups is 3. The first kappa shape index (κ1) is 30.9. The van der Waals surface area contributed by atoms with Crippen molar-refractivity contribution < 1.29 is 37.4 Å². The van der Waals surface area contributed by atoms with Gasteiger partial charge in [0.2, 0.25) is 15.9 Å². The summed E-state index contributed by atoms with van der Waals surface area (Å²) in [5.41, 5.74) is 0.651. The highest BCUT2D eigenvalue weighted by atomic mass is 32.2. The molecular formula is C28H37N3O8S. The Morgan fingerprint density at radius 1 is 1.00 bits per heavy atom. The molecule has 0 saturated carbocycles. The molecule has 218 valence electrons. The molecule has 0 radical (unpaired) electrons. The first-order valence-corrected chi connectivity index (χ1v) is 14.5. The lowest BCUT2D eigenvalue weighted by Gasteiger charge is -2.26. The first-order chi connectivity index (χ1) is 18.8. The van der Waals surface area contributed by atoms with Crippen molar-refractivity contribution in [1.82, 2.24) is 14.9 Å². The van der Waals surface area contributed by atoms with Crippen LogP contribution >= 0.6 is 0 Å². The van der Waals surface area contributed by atoms with Gasteiger partial charge in [-0.3, -0.25) is 9.59 Å². The zero-order valence-corrected chi connectivity index (χ0v) is 23.9. The smallest absolute Gasteiger partial charge is 0.408 e. The van der Waals surface area contributed by atoms with Crippen LogP contribution < -0.4 is 10.0 Å². The Bertz CT molecular complexity index is 1280. The summed E-state index contributed by atoms with van der Waals surface area (Å²) in [7, 11) is -2.83. The van der Waals surface area contributed by atoms with Gasteiger partial charge in [0.1, 0.15) is 23.4 Å². The number of carbonyl (C=O) groups excluding carboxylic acids is 3. The highest BCUT2D eigenvalue weighted by Gasteiger charge is 2.40. The van der Waals surface area contributed by atoms with Crippen molar-refractivity contribution in [3.63, 3.8) is 0 Å². The SMILES string of the molecule is COC(=O)[C@H](Cc1ccccc1)NS(=O)(=O)[C@@H]1CCN(C(=O)[C@H](Cc2ccc(O)cc2)NC(=O)OC(C)(C)C)C1. The molecule has 12 heteroatoms. The number of amides is 2. The number of benzene rings is 2. The minimum atomic E-state index is -4.02. The van der Waals surface area contributed by atoms with Crippen LogP contribution in [0.3, 0.4) is 0 Å². The predicted molar refractivity (Wildman–Crippen MR) is 148 cm³/mol. The molecule has 0 unspecified atom stereocenters. The van der Waals surface area contributed by atoms with Gasteiger partial charge in [0.25, 0.3) is 0 Å². The summed E-state index contributed by atoms with van der Waals surface area (Å²) in [6.07, 6.45) is -0.419. The molecule has 1 heterocycles. The van der Waals surface area contributed by atoms with Gasteiger partial charge in [-0.2, -0.15) is 0 Å². The minimum Gasteiger partial charge on any atom is -0.508 e. The van der Waals surface area contributed by atoms with Gasteiger partial charge in [0.05, 0.1) is 12.4 Å². The summed E-state index contributed by atoms with van der Waals surface area (Å²) in [4.78, 5) is 39.8. The number of nitrogens with zero attached hydrogens (tertiary/aromatic N) is 1. The van der Waals surface area contributed by atoms with Crippen LogP contribution in [0.4, 0.5) is 4.79 Å². The fourth-order valence-corrected chi connectivity index (χ4v) is 5.94. The molecule has 1 aliphatic heterocycles. The second-order valence-corrected chi connectivity index (χ2v) is 12.7. The lowest BCUT2D eigenvalue weighted by Crippen LogP contribution is -2.51. The predicted octanol–water partition coefficient (Wildman–Crippen LogP) is 2.13. The molecule has 2 aromatic carbocycles. The van der Waals surface area contributed by atoms with Crippen molar-refractivity contribution in [2.45, 2.75) is 63.0 Å². The van der Waals surface area contributed by atoms with Crippen molar-refractivity contribution in [3.05, 3.63) is 65.7 Å². The van der Waals surface area contributed by atoms with Gasteiger partial charge in [0, 0.05) is 19.5 Å². The van der Waals surface area contributed by atoms with E-state index < -0.39 is 50.9 Å². The number of likely N-dealkylation sites (tertiary alicyclic amines) is 1. The molecule has 0 aromatic heterocycles. The number of phenols is 1. The van der Waals surface area contributed by atoms with Gasteiger partial charge in [0.15, 0.2) is 0 Å². The fraction of sp³-hybridized carbons (Fsp3) is 0.464. The van der Waals surface area contributed by atoms with Crippen LogP contribution in [0.2, 0.25) is 0 Å².